The molecular weight excluding hydrogens is 530 g/mol. The molecule has 3 rings (SSSR count). The molecule has 2 aromatic carbocycles. The Kier molecular flexibility index (Phi) is 9.45. The smallest absolute Gasteiger partial charge is 0.407 e. The van der Waals surface area contributed by atoms with Crippen LogP contribution in [0.3, 0.4) is 0 Å². The number of ether oxygens (including phenoxy) is 3. The Labute approximate surface area is 239 Å². The summed E-state index contributed by atoms with van der Waals surface area (Å²) in [5.41, 5.74) is 5.51. The number of fused-ring (bicyclic) bond motifs is 3. The monoisotopic (exact) mass is 569 g/mol. The summed E-state index contributed by atoms with van der Waals surface area (Å²) in [6.45, 7) is 9.30. The number of rotatable bonds is 10. The Morgan fingerprint density at radius 3 is 1.85 bits per heavy atom. The van der Waals surface area contributed by atoms with E-state index in [1.165, 1.54) is 0 Å². The lowest BCUT2D eigenvalue weighted by Crippen LogP contribution is -2.71. The van der Waals surface area contributed by atoms with Gasteiger partial charge in [-0.3, -0.25) is 4.79 Å². The van der Waals surface area contributed by atoms with Crippen LogP contribution in [-0.4, -0.2) is 71.6 Å². The molecule has 1 aliphatic rings. The standard InChI is InChI=1S/C30H39N3O8/c1-28(2,3)40-24(34)23(30(31,25(35)36)26(37)41-29(4,5)6)32-15-16-33-27(38)39-17-22-20-13-9-7-11-18(20)19-12-8-10-14-21(19)22/h7-14,22-23,32H,15-17,31H2,1-6H3,(H,33,38)(H,35,36)/t23?,30-/m0/s1. The number of carbonyl (C=O) groups excluding carboxylic acids is 3. The van der Waals surface area contributed by atoms with E-state index in [0.717, 1.165) is 22.3 Å². The van der Waals surface area contributed by atoms with Gasteiger partial charge in [0.05, 0.1) is 0 Å². The number of hydrogen-bond donors (Lipinski definition) is 4. The molecule has 0 saturated carbocycles. The maximum absolute atomic E-state index is 13.0. The van der Waals surface area contributed by atoms with Gasteiger partial charge in [0, 0.05) is 19.0 Å². The van der Waals surface area contributed by atoms with Crippen LogP contribution in [0, 0.1) is 0 Å². The predicted octanol–water partition coefficient (Wildman–Crippen LogP) is 2.95. The molecule has 2 atom stereocenters. The highest BCUT2D eigenvalue weighted by molar-refractivity contribution is 6.09. The Morgan fingerprint density at radius 2 is 1.37 bits per heavy atom. The van der Waals surface area contributed by atoms with Crippen LogP contribution < -0.4 is 16.4 Å². The predicted molar refractivity (Wildman–Crippen MR) is 151 cm³/mol. The van der Waals surface area contributed by atoms with Crippen molar-refractivity contribution in [3.8, 4) is 11.1 Å². The van der Waals surface area contributed by atoms with E-state index in [1.54, 1.807) is 41.5 Å². The molecule has 5 N–H and O–H groups in total. The molecule has 1 aliphatic carbocycles. The number of carboxylic acid groups (broad SMARTS) is 1. The number of benzene rings is 2. The molecule has 2 aromatic rings. The lowest BCUT2D eigenvalue weighted by atomic mass is 9.90. The summed E-state index contributed by atoms with van der Waals surface area (Å²) in [6.07, 6.45) is -0.702. The minimum atomic E-state index is -2.81. The van der Waals surface area contributed by atoms with Crippen molar-refractivity contribution in [2.45, 2.75) is 70.2 Å². The summed E-state index contributed by atoms with van der Waals surface area (Å²) in [5, 5.41) is 15.1. The van der Waals surface area contributed by atoms with Gasteiger partial charge < -0.3 is 35.7 Å². The van der Waals surface area contributed by atoms with Gasteiger partial charge in [0.25, 0.3) is 0 Å². The summed E-state index contributed by atoms with van der Waals surface area (Å²) in [6, 6.07) is 14.1. The minimum Gasteiger partial charge on any atom is -0.479 e. The second-order valence-corrected chi connectivity index (χ2v) is 11.8. The molecule has 0 bridgehead atoms. The SMILES string of the molecule is CC(C)(C)OC(=O)C(NCCNC(=O)OCC1c2ccccc2-c2ccccc21)[C@](N)(C(=O)O)C(=O)OC(C)(C)C. The number of alkyl carbamates (subject to hydrolysis) is 1. The fraction of sp³-hybridized carbons (Fsp3) is 0.467. The van der Waals surface area contributed by atoms with Crippen LogP contribution in [0.15, 0.2) is 48.5 Å². The fourth-order valence-corrected chi connectivity index (χ4v) is 4.51. The van der Waals surface area contributed by atoms with Gasteiger partial charge in [0.15, 0.2) is 0 Å². The Bertz CT molecular complexity index is 1250. The molecule has 41 heavy (non-hydrogen) atoms. The quantitative estimate of drug-likeness (QED) is 0.145. The summed E-state index contributed by atoms with van der Waals surface area (Å²) < 4.78 is 16.1. The van der Waals surface area contributed by atoms with Gasteiger partial charge in [-0.05, 0) is 63.8 Å². The highest BCUT2D eigenvalue weighted by Gasteiger charge is 2.56. The van der Waals surface area contributed by atoms with Crippen LogP contribution in [0.2, 0.25) is 0 Å². The van der Waals surface area contributed by atoms with Gasteiger partial charge in [0.1, 0.15) is 23.9 Å². The summed E-state index contributed by atoms with van der Waals surface area (Å²) in [7, 11) is 0. The first-order chi connectivity index (χ1) is 19.0. The van der Waals surface area contributed by atoms with Crippen molar-refractivity contribution in [2.24, 2.45) is 5.73 Å². The van der Waals surface area contributed by atoms with Gasteiger partial charge in [-0.15, -0.1) is 0 Å². The van der Waals surface area contributed by atoms with Gasteiger partial charge in [-0.1, -0.05) is 48.5 Å². The van der Waals surface area contributed by atoms with Gasteiger partial charge in [-0.25, -0.2) is 14.4 Å². The molecule has 1 amide bonds. The molecule has 1 unspecified atom stereocenters. The van der Waals surface area contributed by atoms with Crippen molar-refractivity contribution < 1.29 is 38.5 Å². The number of carbonyl (C=O) groups is 4. The fourth-order valence-electron chi connectivity index (χ4n) is 4.51. The molecule has 11 nitrogen and oxygen atoms in total. The molecule has 0 aliphatic heterocycles. The summed E-state index contributed by atoms with van der Waals surface area (Å²) in [5.74, 6) is -4.27. The Hall–Kier alpha value is -3.96. The minimum absolute atomic E-state index is 0.0695. The third kappa shape index (κ3) is 7.62. The van der Waals surface area contributed by atoms with Crippen LogP contribution in [0.5, 0.6) is 0 Å². The zero-order valence-corrected chi connectivity index (χ0v) is 24.3. The first-order valence-electron chi connectivity index (χ1n) is 13.4. The number of amides is 1. The second kappa shape index (κ2) is 12.3. The van der Waals surface area contributed by atoms with Crippen LogP contribution in [0.1, 0.15) is 58.6 Å². The normalized spacial score (nSPS) is 15.1. The topological polar surface area (TPSA) is 166 Å². The van der Waals surface area contributed by atoms with Crippen molar-refractivity contribution in [3.05, 3.63) is 59.7 Å². The zero-order valence-electron chi connectivity index (χ0n) is 24.3. The third-order valence-corrected chi connectivity index (χ3v) is 6.27. The van der Waals surface area contributed by atoms with Crippen molar-refractivity contribution in [3.63, 3.8) is 0 Å². The summed E-state index contributed by atoms with van der Waals surface area (Å²) >= 11 is 0. The maximum atomic E-state index is 13.0. The first-order valence-corrected chi connectivity index (χ1v) is 13.4. The molecule has 222 valence electrons. The van der Waals surface area contributed by atoms with Crippen LogP contribution in [0.4, 0.5) is 4.79 Å². The van der Waals surface area contributed by atoms with Crippen molar-refractivity contribution >= 4 is 24.0 Å². The highest BCUT2D eigenvalue weighted by atomic mass is 16.6. The number of nitrogens with one attached hydrogen (secondary N) is 2. The van der Waals surface area contributed by atoms with E-state index >= 15 is 0 Å². The average molecular weight is 570 g/mol. The first kappa shape index (κ1) is 31.6. The Balaban J connectivity index is 1.64. The highest BCUT2D eigenvalue weighted by Crippen LogP contribution is 2.44. The molecule has 11 heteroatoms. The average Bonchev–Trinajstić information content (AvgIpc) is 3.18. The maximum Gasteiger partial charge on any atom is 0.407 e. The number of aliphatic carboxylic acids is 1. The number of carboxylic acids is 1. The van der Waals surface area contributed by atoms with Crippen molar-refractivity contribution in [1.82, 2.24) is 10.6 Å². The van der Waals surface area contributed by atoms with Gasteiger partial charge in [-0.2, -0.15) is 0 Å². The lowest BCUT2D eigenvalue weighted by Gasteiger charge is -2.34. The number of hydrogen-bond acceptors (Lipinski definition) is 9. The zero-order chi connectivity index (χ0) is 30.6. The van der Waals surface area contributed by atoms with E-state index < -0.39 is 46.8 Å². The molecule has 0 fully saturated rings. The van der Waals surface area contributed by atoms with E-state index in [1.807, 2.05) is 48.5 Å². The Morgan fingerprint density at radius 1 is 0.854 bits per heavy atom. The molecular formula is C30H39N3O8. The molecule has 0 spiro atoms. The van der Waals surface area contributed by atoms with Crippen molar-refractivity contribution in [2.75, 3.05) is 19.7 Å². The van der Waals surface area contributed by atoms with E-state index in [-0.39, 0.29) is 25.6 Å². The second-order valence-electron chi connectivity index (χ2n) is 11.8. The van der Waals surface area contributed by atoms with Crippen molar-refractivity contribution in [1.29, 1.82) is 0 Å². The summed E-state index contributed by atoms with van der Waals surface area (Å²) in [4.78, 5) is 50.6. The number of esters is 2. The third-order valence-electron chi connectivity index (χ3n) is 6.27. The lowest BCUT2D eigenvalue weighted by molar-refractivity contribution is -0.178. The van der Waals surface area contributed by atoms with E-state index in [2.05, 4.69) is 10.6 Å². The largest absolute Gasteiger partial charge is 0.479 e. The van der Waals surface area contributed by atoms with Crippen LogP contribution >= 0.6 is 0 Å². The van der Waals surface area contributed by atoms with E-state index in [9.17, 15) is 24.3 Å². The van der Waals surface area contributed by atoms with Crippen LogP contribution in [-0.2, 0) is 28.6 Å². The van der Waals surface area contributed by atoms with Gasteiger partial charge in [0.2, 0.25) is 5.54 Å². The van der Waals surface area contributed by atoms with Crippen LogP contribution in [0.25, 0.3) is 11.1 Å². The molecule has 0 radical (unpaired) electrons. The van der Waals surface area contributed by atoms with E-state index in [0.29, 0.717) is 0 Å². The molecule has 0 saturated heterocycles. The van der Waals surface area contributed by atoms with E-state index in [4.69, 9.17) is 19.9 Å². The number of nitrogens with two attached hydrogens (primary N) is 1. The molecule has 0 heterocycles. The van der Waals surface area contributed by atoms with Gasteiger partial charge >= 0.3 is 24.0 Å². The molecule has 0 aromatic heterocycles.